The molecule has 0 N–H and O–H groups in total. The maximum absolute atomic E-state index is 2.66. The van der Waals surface area contributed by atoms with Crippen molar-refractivity contribution in [2.24, 2.45) is 23.7 Å². The van der Waals surface area contributed by atoms with Gasteiger partial charge in [-0.3, -0.25) is 0 Å². The van der Waals surface area contributed by atoms with Crippen molar-refractivity contribution in [2.45, 2.75) is 50.4 Å². The first-order valence-corrected chi connectivity index (χ1v) is 22.5. The van der Waals surface area contributed by atoms with Crippen LogP contribution in [0.5, 0.6) is 0 Å². The van der Waals surface area contributed by atoms with Crippen LogP contribution in [0.25, 0.3) is 22.3 Å². The summed E-state index contributed by atoms with van der Waals surface area (Å²) in [6.45, 7) is 5.04. The fraction of sp³-hybridized carbons (Fsp3) is 0.200. The highest BCUT2D eigenvalue weighted by molar-refractivity contribution is 5.83. The summed E-state index contributed by atoms with van der Waals surface area (Å²) in [7, 11) is 0. The normalized spacial score (nSPS) is 22.2. The van der Waals surface area contributed by atoms with Gasteiger partial charge in [-0.2, -0.15) is 0 Å². The first-order chi connectivity index (χ1) is 30.0. The molecule has 0 unspecified atom stereocenters. The number of benzene rings is 8. The first-order valence-electron chi connectivity index (χ1n) is 22.5. The van der Waals surface area contributed by atoms with E-state index in [1.807, 2.05) is 0 Å². The van der Waals surface area contributed by atoms with Crippen molar-refractivity contribution >= 4 is 17.1 Å². The Morgan fingerprint density at radius 3 is 1.34 bits per heavy atom. The van der Waals surface area contributed by atoms with Crippen LogP contribution in [0.2, 0.25) is 0 Å². The molecular formula is C60H53N. The molecule has 1 spiro atoms. The lowest BCUT2D eigenvalue weighted by Gasteiger charge is -2.62. The molecule has 3 aliphatic carbocycles. The largest absolute Gasteiger partial charge is 0.310 e. The number of hydrogen-bond donors (Lipinski definition) is 0. The van der Waals surface area contributed by atoms with Crippen LogP contribution in [-0.4, -0.2) is 0 Å². The Morgan fingerprint density at radius 1 is 0.344 bits per heavy atom. The molecule has 0 aromatic heterocycles. The highest BCUT2D eigenvalue weighted by Crippen LogP contribution is 2.67. The second-order valence-electron chi connectivity index (χ2n) is 18.3. The van der Waals surface area contributed by atoms with Gasteiger partial charge < -0.3 is 4.90 Å². The van der Waals surface area contributed by atoms with Crippen molar-refractivity contribution in [1.82, 2.24) is 0 Å². The minimum atomic E-state index is -0.489. The molecule has 2 fully saturated rings. The van der Waals surface area contributed by atoms with Gasteiger partial charge in [0.25, 0.3) is 0 Å². The zero-order chi connectivity index (χ0) is 41.0. The maximum atomic E-state index is 2.66. The Balaban J connectivity index is 1.21. The number of fused-ring (bicyclic) bond motifs is 2. The van der Waals surface area contributed by atoms with Gasteiger partial charge in [-0.05, 0) is 141 Å². The molecule has 0 saturated heterocycles. The predicted octanol–water partition coefficient (Wildman–Crippen LogP) is 15.6. The molecule has 0 heterocycles. The minimum absolute atomic E-state index is 0.108. The SMILES string of the molecule is CC1CC2CC(C)CC(C1)C21c2ccccc2C(c2ccccc2)(c2ccccc2)c2ccc(N(c3ccc(-c4ccccc4)cc3)c3cccc(-c4ccccc4)c3)cc21. The van der Waals surface area contributed by atoms with E-state index in [0.29, 0.717) is 23.7 Å². The van der Waals surface area contributed by atoms with Gasteiger partial charge in [0, 0.05) is 22.5 Å². The highest BCUT2D eigenvalue weighted by Gasteiger charge is 2.61. The summed E-state index contributed by atoms with van der Waals surface area (Å²) in [5, 5.41) is 0. The van der Waals surface area contributed by atoms with Crippen LogP contribution in [0.3, 0.4) is 0 Å². The lowest BCUT2D eigenvalue weighted by Crippen LogP contribution is -2.56. The summed E-state index contributed by atoms with van der Waals surface area (Å²) >= 11 is 0. The first kappa shape index (κ1) is 37.6. The Morgan fingerprint density at radius 2 is 0.770 bits per heavy atom. The van der Waals surface area contributed by atoms with E-state index in [9.17, 15) is 0 Å². The van der Waals surface area contributed by atoms with Crippen molar-refractivity contribution in [3.63, 3.8) is 0 Å². The Bertz CT molecular complexity index is 2720. The summed E-state index contributed by atoms with van der Waals surface area (Å²) in [5.74, 6) is 2.51. The van der Waals surface area contributed by atoms with Gasteiger partial charge in [0.05, 0.1) is 5.41 Å². The quantitative estimate of drug-likeness (QED) is 0.155. The fourth-order valence-corrected chi connectivity index (χ4v) is 12.6. The average Bonchev–Trinajstić information content (AvgIpc) is 3.31. The average molecular weight is 788 g/mol. The van der Waals surface area contributed by atoms with Crippen LogP contribution in [0.15, 0.2) is 212 Å². The molecule has 8 aromatic carbocycles. The second kappa shape index (κ2) is 15.2. The molecule has 8 aromatic rings. The summed E-state index contributed by atoms with van der Waals surface area (Å²) in [6, 6.07) is 80.0. The van der Waals surface area contributed by atoms with Crippen LogP contribution < -0.4 is 4.90 Å². The summed E-state index contributed by atoms with van der Waals surface area (Å²) in [5.41, 5.74) is 16.4. The lowest BCUT2D eigenvalue weighted by molar-refractivity contribution is 0.0238. The summed E-state index contributed by atoms with van der Waals surface area (Å²) in [6.07, 6.45) is 5.02. The maximum Gasteiger partial charge on any atom is 0.0707 e. The van der Waals surface area contributed by atoms with Crippen molar-refractivity contribution in [1.29, 1.82) is 0 Å². The van der Waals surface area contributed by atoms with Crippen LogP contribution in [-0.2, 0) is 10.8 Å². The smallest absolute Gasteiger partial charge is 0.0707 e. The Hall–Kier alpha value is -6.44. The molecule has 298 valence electrons. The molecule has 1 heteroatoms. The van der Waals surface area contributed by atoms with Gasteiger partial charge in [-0.15, -0.1) is 0 Å². The third-order valence-corrected chi connectivity index (χ3v) is 14.8. The zero-order valence-corrected chi connectivity index (χ0v) is 35.3. The summed E-state index contributed by atoms with van der Waals surface area (Å²) < 4.78 is 0. The Kier molecular flexibility index (Phi) is 9.38. The third kappa shape index (κ3) is 6.04. The van der Waals surface area contributed by atoms with E-state index in [-0.39, 0.29) is 5.41 Å². The molecule has 61 heavy (non-hydrogen) atoms. The molecule has 0 aliphatic heterocycles. The van der Waals surface area contributed by atoms with Crippen molar-refractivity contribution in [3.05, 3.63) is 246 Å². The second-order valence-corrected chi connectivity index (χ2v) is 18.3. The fourth-order valence-electron chi connectivity index (χ4n) is 12.6. The number of anilines is 3. The molecule has 0 atom stereocenters. The van der Waals surface area contributed by atoms with Crippen LogP contribution in [0, 0.1) is 23.7 Å². The van der Waals surface area contributed by atoms with Gasteiger partial charge >= 0.3 is 0 Å². The van der Waals surface area contributed by atoms with E-state index in [0.717, 1.165) is 11.4 Å². The van der Waals surface area contributed by atoms with Gasteiger partial charge in [0.15, 0.2) is 0 Å². The van der Waals surface area contributed by atoms with E-state index in [4.69, 9.17) is 0 Å². The van der Waals surface area contributed by atoms with E-state index < -0.39 is 5.41 Å². The van der Waals surface area contributed by atoms with E-state index >= 15 is 0 Å². The van der Waals surface area contributed by atoms with Gasteiger partial charge in [0.2, 0.25) is 0 Å². The molecule has 0 amide bonds. The van der Waals surface area contributed by atoms with Crippen molar-refractivity contribution < 1.29 is 0 Å². The molecule has 2 bridgehead atoms. The standard InChI is InChI=1S/C60H53N/c1-42-36-50-38-43(2)39-51(37-42)60(50)56-29-16-15-28-55(56)59(48-23-11-5-12-24-48,49-25-13-6-14-26-49)57-35-34-54(41-58(57)60)61(52-32-30-46(31-33-52)44-18-7-3-8-19-44)53-27-17-22-47(40-53)45-20-9-4-10-21-45/h3-35,40-43,50-51H,36-39H2,1-2H3. The zero-order valence-electron chi connectivity index (χ0n) is 35.3. The van der Waals surface area contributed by atoms with Gasteiger partial charge in [-0.1, -0.05) is 190 Å². The van der Waals surface area contributed by atoms with Gasteiger partial charge in [0.1, 0.15) is 0 Å². The molecule has 2 saturated carbocycles. The van der Waals surface area contributed by atoms with Crippen LogP contribution in [0.4, 0.5) is 17.1 Å². The third-order valence-electron chi connectivity index (χ3n) is 14.8. The monoisotopic (exact) mass is 787 g/mol. The summed E-state index contributed by atoms with van der Waals surface area (Å²) in [4.78, 5) is 2.52. The topological polar surface area (TPSA) is 3.24 Å². The molecular weight excluding hydrogens is 735 g/mol. The highest BCUT2D eigenvalue weighted by atomic mass is 15.1. The number of rotatable bonds is 7. The van der Waals surface area contributed by atoms with Crippen LogP contribution in [0.1, 0.15) is 72.9 Å². The number of nitrogens with zero attached hydrogens (tertiary/aromatic N) is 1. The van der Waals surface area contributed by atoms with Crippen LogP contribution >= 0.6 is 0 Å². The predicted molar refractivity (Wildman–Crippen MR) is 255 cm³/mol. The molecule has 11 rings (SSSR count). The molecule has 0 radical (unpaired) electrons. The Labute approximate surface area is 362 Å². The van der Waals surface area contributed by atoms with E-state index in [2.05, 4.69) is 231 Å². The number of hydrogen-bond acceptors (Lipinski definition) is 1. The minimum Gasteiger partial charge on any atom is -0.310 e. The van der Waals surface area contributed by atoms with Crippen molar-refractivity contribution in [2.75, 3.05) is 4.90 Å². The van der Waals surface area contributed by atoms with Gasteiger partial charge in [-0.25, -0.2) is 0 Å². The van der Waals surface area contributed by atoms with Crippen molar-refractivity contribution in [3.8, 4) is 22.3 Å². The molecule has 1 nitrogen and oxygen atoms in total. The van der Waals surface area contributed by atoms with E-state index in [1.165, 1.54) is 81.4 Å². The lowest BCUT2D eigenvalue weighted by atomic mass is 9.41. The van der Waals surface area contributed by atoms with E-state index in [1.54, 1.807) is 5.56 Å². The molecule has 3 aliphatic rings.